The zero-order chi connectivity index (χ0) is 14.3. The Morgan fingerprint density at radius 2 is 2.25 bits per heavy atom. The summed E-state index contributed by atoms with van der Waals surface area (Å²) in [7, 11) is 0. The molecule has 1 aromatic rings. The number of carbonyl (C=O) groups is 1. The first-order chi connectivity index (χ1) is 9.50. The summed E-state index contributed by atoms with van der Waals surface area (Å²) in [5, 5.41) is 0. The Bertz CT molecular complexity index is 597. The molecule has 1 unspecified atom stereocenters. The Morgan fingerprint density at radius 1 is 1.45 bits per heavy atom. The first-order valence-electron chi connectivity index (χ1n) is 7.09. The number of fused-ring (bicyclic) bond motifs is 1. The summed E-state index contributed by atoms with van der Waals surface area (Å²) >= 11 is 0. The molecule has 0 aliphatic carbocycles. The highest BCUT2D eigenvalue weighted by Gasteiger charge is 2.39. The van der Waals surface area contributed by atoms with Crippen LogP contribution in [-0.2, 0) is 4.79 Å². The molecule has 0 aromatic heterocycles. The molecule has 2 heterocycles. The molecule has 1 atom stereocenters. The van der Waals surface area contributed by atoms with Crippen molar-refractivity contribution in [2.45, 2.75) is 44.8 Å². The molecule has 0 saturated carbocycles. The number of carbonyl (C=O) groups excluding carboxylic acids is 1. The van der Waals surface area contributed by atoms with Crippen LogP contribution in [0.15, 0.2) is 18.2 Å². The second kappa shape index (κ2) is 4.56. The van der Waals surface area contributed by atoms with Gasteiger partial charge in [-0.05, 0) is 38.5 Å². The van der Waals surface area contributed by atoms with Crippen molar-refractivity contribution >= 4 is 5.91 Å². The summed E-state index contributed by atoms with van der Waals surface area (Å²) < 4.78 is 6.04. The fourth-order valence-corrected chi connectivity index (χ4v) is 3.18. The van der Waals surface area contributed by atoms with E-state index < -0.39 is 0 Å². The number of hydrogen-bond donors (Lipinski definition) is 0. The molecule has 1 aromatic carbocycles. The smallest absolute Gasteiger partial charge is 0.223 e. The maximum atomic E-state index is 12.1. The van der Waals surface area contributed by atoms with Crippen molar-refractivity contribution < 1.29 is 9.53 Å². The van der Waals surface area contributed by atoms with Crippen molar-refractivity contribution in [3.63, 3.8) is 0 Å². The molecule has 0 spiro atoms. The van der Waals surface area contributed by atoms with E-state index >= 15 is 0 Å². The third kappa shape index (κ3) is 2.16. The van der Waals surface area contributed by atoms with Crippen molar-refractivity contribution in [3.8, 4) is 18.1 Å². The first kappa shape index (κ1) is 13.1. The minimum Gasteiger partial charge on any atom is -0.487 e. The first-order valence-corrected chi connectivity index (χ1v) is 7.09. The molecule has 1 saturated heterocycles. The second-order valence-corrected chi connectivity index (χ2v) is 6.17. The number of hydrogen-bond acceptors (Lipinski definition) is 2. The Kier molecular flexibility index (Phi) is 2.97. The van der Waals surface area contributed by atoms with E-state index in [0.29, 0.717) is 6.42 Å². The average molecular weight is 269 g/mol. The van der Waals surface area contributed by atoms with Crippen LogP contribution in [0.1, 0.15) is 50.3 Å². The maximum absolute atomic E-state index is 12.1. The average Bonchev–Trinajstić information content (AvgIpc) is 2.82. The van der Waals surface area contributed by atoms with Crippen LogP contribution in [0.25, 0.3) is 0 Å². The quantitative estimate of drug-likeness (QED) is 0.734. The Morgan fingerprint density at radius 3 is 2.90 bits per heavy atom. The largest absolute Gasteiger partial charge is 0.487 e. The van der Waals surface area contributed by atoms with Crippen LogP contribution in [0.5, 0.6) is 5.75 Å². The maximum Gasteiger partial charge on any atom is 0.223 e. The van der Waals surface area contributed by atoms with E-state index in [2.05, 4.69) is 19.8 Å². The second-order valence-electron chi connectivity index (χ2n) is 6.17. The van der Waals surface area contributed by atoms with Crippen LogP contribution in [-0.4, -0.2) is 23.0 Å². The molecule has 104 valence electrons. The summed E-state index contributed by atoms with van der Waals surface area (Å²) in [6.45, 7) is 4.97. The number of nitrogens with zero attached hydrogens (tertiary/aromatic N) is 1. The number of ether oxygens (including phenoxy) is 1. The van der Waals surface area contributed by atoms with Crippen molar-refractivity contribution in [2.75, 3.05) is 6.54 Å². The van der Waals surface area contributed by atoms with E-state index in [0.717, 1.165) is 36.3 Å². The van der Waals surface area contributed by atoms with E-state index in [1.165, 1.54) is 0 Å². The van der Waals surface area contributed by atoms with E-state index in [9.17, 15) is 4.79 Å². The lowest BCUT2D eigenvalue weighted by atomic mass is 9.88. The topological polar surface area (TPSA) is 29.5 Å². The predicted octanol–water partition coefficient (Wildman–Crippen LogP) is 2.89. The fraction of sp³-hybridized carbons (Fsp3) is 0.471. The summed E-state index contributed by atoms with van der Waals surface area (Å²) in [5.41, 5.74) is 1.62. The normalized spacial score (nSPS) is 23.9. The van der Waals surface area contributed by atoms with Gasteiger partial charge >= 0.3 is 0 Å². The number of likely N-dealkylation sites (tertiary alicyclic amines) is 1. The summed E-state index contributed by atoms with van der Waals surface area (Å²) in [5.74, 6) is 3.75. The van der Waals surface area contributed by atoms with Crippen LogP contribution in [0.2, 0.25) is 0 Å². The van der Waals surface area contributed by atoms with Crippen LogP contribution in [0.3, 0.4) is 0 Å². The molecule has 0 bridgehead atoms. The highest BCUT2D eigenvalue weighted by Crippen LogP contribution is 2.44. The lowest BCUT2D eigenvalue weighted by Gasteiger charge is -2.41. The Hall–Kier alpha value is -1.95. The van der Waals surface area contributed by atoms with E-state index in [1.807, 2.05) is 23.1 Å². The zero-order valence-electron chi connectivity index (χ0n) is 12.0. The minimum absolute atomic E-state index is 0.0806. The number of terminal acetylenes is 1. The van der Waals surface area contributed by atoms with Gasteiger partial charge in [0.2, 0.25) is 5.91 Å². The SMILES string of the molecule is C#Cc1ccc2c(c1)C(N1CCCC1=O)CC(C)(C)O2. The third-order valence-electron chi connectivity index (χ3n) is 4.09. The van der Waals surface area contributed by atoms with Gasteiger partial charge in [-0.3, -0.25) is 4.79 Å². The van der Waals surface area contributed by atoms with Crippen molar-refractivity contribution in [1.29, 1.82) is 0 Å². The molecule has 20 heavy (non-hydrogen) atoms. The summed E-state index contributed by atoms with van der Waals surface area (Å²) in [4.78, 5) is 14.1. The van der Waals surface area contributed by atoms with Crippen molar-refractivity contribution in [1.82, 2.24) is 4.90 Å². The lowest BCUT2D eigenvalue weighted by molar-refractivity contribution is -0.131. The molecule has 1 fully saturated rings. The zero-order valence-corrected chi connectivity index (χ0v) is 12.0. The van der Waals surface area contributed by atoms with Gasteiger partial charge in [-0.1, -0.05) is 5.92 Å². The molecule has 0 N–H and O–H groups in total. The summed E-state index contributed by atoms with van der Waals surface area (Å²) in [6.07, 6.45) is 7.90. The van der Waals surface area contributed by atoms with Crippen molar-refractivity contribution in [3.05, 3.63) is 29.3 Å². The van der Waals surface area contributed by atoms with Gasteiger partial charge in [-0.2, -0.15) is 0 Å². The molecule has 3 heteroatoms. The molecule has 3 nitrogen and oxygen atoms in total. The van der Waals surface area contributed by atoms with Gasteiger partial charge in [0.1, 0.15) is 11.4 Å². The number of amides is 1. The molecule has 2 aliphatic heterocycles. The van der Waals surface area contributed by atoms with Crippen LogP contribution >= 0.6 is 0 Å². The molecule has 1 amide bonds. The monoisotopic (exact) mass is 269 g/mol. The van der Waals surface area contributed by atoms with E-state index in [1.54, 1.807) is 0 Å². The van der Waals surface area contributed by atoms with Gasteiger partial charge < -0.3 is 9.64 Å². The van der Waals surface area contributed by atoms with Gasteiger partial charge in [0, 0.05) is 30.5 Å². The van der Waals surface area contributed by atoms with Crippen LogP contribution in [0, 0.1) is 12.3 Å². The molecule has 0 radical (unpaired) electrons. The fourth-order valence-electron chi connectivity index (χ4n) is 3.18. The van der Waals surface area contributed by atoms with Gasteiger partial charge in [0.25, 0.3) is 0 Å². The van der Waals surface area contributed by atoms with Gasteiger partial charge in [-0.25, -0.2) is 0 Å². The molecule has 2 aliphatic rings. The summed E-state index contributed by atoms with van der Waals surface area (Å²) in [6, 6.07) is 5.89. The Labute approximate surface area is 119 Å². The van der Waals surface area contributed by atoms with Crippen LogP contribution in [0.4, 0.5) is 0 Å². The van der Waals surface area contributed by atoms with Gasteiger partial charge in [0.15, 0.2) is 0 Å². The minimum atomic E-state index is -0.266. The van der Waals surface area contributed by atoms with Gasteiger partial charge in [0.05, 0.1) is 6.04 Å². The standard InChI is InChI=1S/C17H19NO2/c1-4-12-7-8-15-13(10-12)14(11-17(2,3)20-15)18-9-5-6-16(18)19/h1,7-8,10,14H,5-6,9,11H2,2-3H3. The van der Waals surface area contributed by atoms with E-state index in [4.69, 9.17) is 11.2 Å². The lowest BCUT2D eigenvalue weighted by Crippen LogP contribution is -2.42. The third-order valence-corrected chi connectivity index (χ3v) is 4.09. The van der Waals surface area contributed by atoms with Gasteiger partial charge in [-0.15, -0.1) is 6.42 Å². The van der Waals surface area contributed by atoms with Crippen molar-refractivity contribution in [2.24, 2.45) is 0 Å². The molecular formula is C17H19NO2. The number of rotatable bonds is 1. The highest BCUT2D eigenvalue weighted by atomic mass is 16.5. The van der Waals surface area contributed by atoms with Crippen LogP contribution < -0.4 is 4.74 Å². The Balaban J connectivity index is 2.06. The predicted molar refractivity (Wildman–Crippen MR) is 77.4 cm³/mol. The highest BCUT2D eigenvalue weighted by molar-refractivity contribution is 5.78. The molecular weight excluding hydrogens is 250 g/mol. The molecule has 3 rings (SSSR count). The number of benzene rings is 1. The van der Waals surface area contributed by atoms with E-state index in [-0.39, 0.29) is 17.6 Å².